The van der Waals surface area contributed by atoms with Crippen LogP contribution in [0.3, 0.4) is 0 Å². The number of likely N-dealkylation sites (N-methyl/N-ethyl adjacent to an activating group) is 1. The highest BCUT2D eigenvalue weighted by atomic mass is 16.1. The smallest absolute Gasteiger partial charge is 0.258 e. The van der Waals surface area contributed by atoms with Crippen LogP contribution in [0.1, 0.15) is 32.0 Å². The Labute approximate surface area is 141 Å². The molecule has 1 amide bonds. The molecule has 0 saturated carbocycles. The predicted molar refractivity (Wildman–Crippen MR) is 94.0 cm³/mol. The van der Waals surface area contributed by atoms with E-state index in [-0.39, 0.29) is 11.5 Å². The van der Waals surface area contributed by atoms with E-state index in [0.29, 0.717) is 42.2 Å². The second-order valence-electron chi connectivity index (χ2n) is 6.26. The van der Waals surface area contributed by atoms with Crippen LogP contribution in [0.2, 0.25) is 0 Å². The molecule has 2 N–H and O–H groups in total. The molecule has 1 saturated heterocycles. The summed E-state index contributed by atoms with van der Waals surface area (Å²) < 4.78 is 0. The van der Waals surface area contributed by atoms with Crippen LogP contribution in [0, 0.1) is 0 Å². The van der Waals surface area contributed by atoms with Gasteiger partial charge in [0.15, 0.2) is 0 Å². The van der Waals surface area contributed by atoms with Crippen LogP contribution >= 0.6 is 0 Å². The highest BCUT2D eigenvalue weighted by Crippen LogP contribution is 2.15. The van der Waals surface area contributed by atoms with E-state index < -0.39 is 0 Å². The van der Waals surface area contributed by atoms with Crippen molar-refractivity contribution >= 4 is 16.8 Å². The Balaban J connectivity index is 1.54. The number of carbonyl (C=O) groups is 1. The first-order valence-electron chi connectivity index (χ1n) is 8.66. The summed E-state index contributed by atoms with van der Waals surface area (Å²) in [4.78, 5) is 33.7. The van der Waals surface area contributed by atoms with Gasteiger partial charge in [-0.1, -0.05) is 19.1 Å². The fourth-order valence-electron chi connectivity index (χ4n) is 3.35. The molecule has 1 aromatic carbocycles. The van der Waals surface area contributed by atoms with Crippen molar-refractivity contribution in [3.63, 3.8) is 0 Å². The van der Waals surface area contributed by atoms with Crippen molar-refractivity contribution in [3.8, 4) is 0 Å². The van der Waals surface area contributed by atoms with Crippen LogP contribution in [0.15, 0.2) is 29.1 Å². The highest BCUT2D eigenvalue weighted by Gasteiger charge is 2.23. The Hall–Kier alpha value is -2.21. The monoisotopic (exact) mass is 328 g/mol. The molecule has 1 fully saturated rings. The third-order valence-corrected chi connectivity index (χ3v) is 4.69. The molecule has 6 nitrogen and oxygen atoms in total. The number of aromatic nitrogens is 2. The molecule has 1 unspecified atom stereocenters. The fraction of sp³-hybridized carbons (Fsp3) is 0.500. The zero-order chi connectivity index (χ0) is 16.9. The van der Waals surface area contributed by atoms with Gasteiger partial charge in [-0.05, 0) is 38.1 Å². The quantitative estimate of drug-likeness (QED) is 0.841. The molecule has 24 heavy (non-hydrogen) atoms. The first kappa shape index (κ1) is 16.6. The van der Waals surface area contributed by atoms with Crippen molar-refractivity contribution in [2.75, 3.05) is 19.6 Å². The lowest BCUT2D eigenvalue weighted by atomic mass is 10.2. The van der Waals surface area contributed by atoms with E-state index >= 15 is 0 Å². The Bertz CT molecular complexity index is 771. The second-order valence-corrected chi connectivity index (χ2v) is 6.26. The Morgan fingerprint density at radius 1 is 1.42 bits per heavy atom. The second kappa shape index (κ2) is 7.57. The summed E-state index contributed by atoms with van der Waals surface area (Å²) >= 11 is 0. The van der Waals surface area contributed by atoms with E-state index in [0.717, 1.165) is 19.5 Å². The minimum Gasteiger partial charge on any atom is -0.355 e. The topological polar surface area (TPSA) is 78.1 Å². The summed E-state index contributed by atoms with van der Waals surface area (Å²) in [6.45, 7) is 5.01. The number of hydrogen-bond acceptors (Lipinski definition) is 4. The van der Waals surface area contributed by atoms with Gasteiger partial charge in [-0.25, -0.2) is 4.98 Å². The van der Waals surface area contributed by atoms with Gasteiger partial charge in [-0.15, -0.1) is 0 Å². The molecule has 0 bridgehead atoms. The summed E-state index contributed by atoms with van der Waals surface area (Å²) in [5, 5.41) is 3.59. The average Bonchev–Trinajstić information content (AvgIpc) is 3.06. The number of aryl methyl sites for hydroxylation is 1. The van der Waals surface area contributed by atoms with Gasteiger partial charge in [-0.3, -0.25) is 14.5 Å². The number of hydrogen-bond donors (Lipinski definition) is 2. The van der Waals surface area contributed by atoms with Crippen molar-refractivity contribution < 1.29 is 4.79 Å². The molecular weight excluding hydrogens is 304 g/mol. The Morgan fingerprint density at radius 2 is 2.25 bits per heavy atom. The number of fused-ring (bicyclic) bond motifs is 1. The Kier molecular flexibility index (Phi) is 5.25. The number of H-pyrrole nitrogens is 1. The SMILES string of the molecule is CCN1CCCC1CNC(=O)CCc1nc2ccccc2c(=O)[nH]1. The Morgan fingerprint density at radius 3 is 3.08 bits per heavy atom. The van der Waals surface area contributed by atoms with E-state index in [9.17, 15) is 9.59 Å². The van der Waals surface area contributed by atoms with Crippen molar-refractivity contribution in [1.82, 2.24) is 20.2 Å². The predicted octanol–water partition coefficient (Wildman–Crippen LogP) is 1.46. The average molecular weight is 328 g/mol. The molecule has 128 valence electrons. The molecule has 6 heteroatoms. The maximum atomic E-state index is 12.1. The van der Waals surface area contributed by atoms with Gasteiger partial charge in [0.05, 0.1) is 10.9 Å². The number of rotatable bonds is 6. The van der Waals surface area contributed by atoms with Crippen molar-refractivity contribution in [2.24, 2.45) is 0 Å². The van der Waals surface area contributed by atoms with Gasteiger partial charge in [0.1, 0.15) is 5.82 Å². The lowest BCUT2D eigenvalue weighted by molar-refractivity contribution is -0.121. The highest BCUT2D eigenvalue weighted by molar-refractivity contribution is 5.78. The zero-order valence-electron chi connectivity index (χ0n) is 14.0. The minimum absolute atomic E-state index is 0.00811. The van der Waals surface area contributed by atoms with Crippen molar-refractivity contribution in [2.45, 2.75) is 38.6 Å². The van der Waals surface area contributed by atoms with E-state index in [1.165, 1.54) is 6.42 Å². The number of nitrogens with one attached hydrogen (secondary N) is 2. The number of para-hydroxylation sites is 1. The third kappa shape index (κ3) is 3.82. The van der Waals surface area contributed by atoms with Gasteiger partial charge in [0, 0.05) is 25.4 Å². The van der Waals surface area contributed by atoms with Crippen LogP contribution in [0.5, 0.6) is 0 Å². The molecule has 0 aliphatic carbocycles. The molecule has 1 aliphatic rings. The van der Waals surface area contributed by atoms with Gasteiger partial charge in [-0.2, -0.15) is 0 Å². The van der Waals surface area contributed by atoms with Gasteiger partial charge in [0.2, 0.25) is 5.91 Å². The maximum Gasteiger partial charge on any atom is 0.258 e. The number of amides is 1. The zero-order valence-corrected chi connectivity index (χ0v) is 14.0. The van der Waals surface area contributed by atoms with Gasteiger partial charge in [0.25, 0.3) is 5.56 Å². The lowest BCUT2D eigenvalue weighted by Crippen LogP contribution is -2.40. The molecule has 3 rings (SSSR count). The fourth-order valence-corrected chi connectivity index (χ4v) is 3.35. The molecule has 2 heterocycles. The summed E-state index contributed by atoms with van der Waals surface area (Å²) in [6, 6.07) is 7.69. The van der Waals surface area contributed by atoms with E-state index in [2.05, 4.69) is 27.1 Å². The van der Waals surface area contributed by atoms with E-state index in [4.69, 9.17) is 0 Å². The maximum absolute atomic E-state index is 12.1. The summed E-state index contributed by atoms with van der Waals surface area (Å²) in [5.74, 6) is 0.568. The number of carbonyl (C=O) groups excluding carboxylic acids is 1. The van der Waals surface area contributed by atoms with Crippen LogP contribution in [-0.4, -0.2) is 46.5 Å². The number of nitrogens with zero attached hydrogens (tertiary/aromatic N) is 2. The van der Waals surface area contributed by atoms with E-state index in [1.54, 1.807) is 6.07 Å². The van der Waals surface area contributed by atoms with Crippen LogP contribution in [-0.2, 0) is 11.2 Å². The first-order valence-corrected chi connectivity index (χ1v) is 8.66. The largest absolute Gasteiger partial charge is 0.355 e. The first-order chi connectivity index (χ1) is 11.7. The molecule has 1 aliphatic heterocycles. The molecule has 0 radical (unpaired) electrons. The summed E-state index contributed by atoms with van der Waals surface area (Å²) in [5.41, 5.74) is 0.516. The lowest BCUT2D eigenvalue weighted by Gasteiger charge is -2.22. The minimum atomic E-state index is -0.152. The van der Waals surface area contributed by atoms with Crippen molar-refractivity contribution in [3.05, 3.63) is 40.4 Å². The number of likely N-dealkylation sites (tertiary alicyclic amines) is 1. The standard InChI is InChI=1S/C18H24N4O2/c1-2-22-11-5-6-13(22)12-19-17(23)10-9-16-20-15-8-4-3-7-14(15)18(24)21-16/h3-4,7-8,13H,2,5-6,9-12H2,1H3,(H,19,23)(H,20,21,24). The van der Waals surface area contributed by atoms with Crippen molar-refractivity contribution in [1.29, 1.82) is 0 Å². The number of aromatic amines is 1. The normalized spacial score (nSPS) is 18.1. The van der Waals surface area contributed by atoms with Gasteiger partial charge >= 0.3 is 0 Å². The van der Waals surface area contributed by atoms with Crippen LogP contribution in [0.25, 0.3) is 10.9 Å². The van der Waals surface area contributed by atoms with Gasteiger partial charge < -0.3 is 10.3 Å². The van der Waals surface area contributed by atoms with E-state index in [1.807, 2.05) is 18.2 Å². The molecular formula is C18H24N4O2. The molecule has 1 atom stereocenters. The molecule has 1 aromatic heterocycles. The summed E-state index contributed by atoms with van der Waals surface area (Å²) in [6.07, 6.45) is 3.12. The van der Waals surface area contributed by atoms with Crippen LogP contribution < -0.4 is 10.9 Å². The van der Waals surface area contributed by atoms with Crippen LogP contribution in [0.4, 0.5) is 0 Å². The summed E-state index contributed by atoms with van der Waals surface area (Å²) in [7, 11) is 0. The molecule has 0 spiro atoms. The molecule has 2 aromatic rings. The number of benzene rings is 1. The third-order valence-electron chi connectivity index (χ3n) is 4.69.